The Kier molecular flexibility index (Phi) is 3.19. The van der Waals surface area contributed by atoms with Gasteiger partial charge in [-0.1, -0.05) is 20.8 Å². The van der Waals surface area contributed by atoms with Crippen LogP contribution in [0.1, 0.15) is 31.1 Å². The average molecular weight is 211 g/mol. The van der Waals surface area contributed by atoms with Gasteiger partial charge >= 0.3 is 0 Å². The predicted octanol–water partition coefficient (Wildman–Crippen LogP) is 1.81. The highest BCUT2D eigenvalue weighted by Gasteiger charge is 2.31. The lowest BCUT2D eigenvalue weighted by molar-refractivity contribution is 0.0438. The largest absolute Gasteiger partial charge is 0.384 e. The molecule has 1 atom stereocenters. The van der Waals surface area contributed by atoms with Crippen LogP contribution in [-0.2, 0) is 0 Å². The molecule has 15 heavy (non-hydrogen) atoms. The van der Waals surface area contributed by atoms with E-state index in [1.807, 2.05) is 0 Å². The number of halogens is 1. The van der Waals surface area contributed by atoms with Crippen molar-refractivity contribution < 1.29 is 14.3 Å². The van der Waals surface area contributed by atoms with Crippen molar-refractivity contribution in [1.82, 2.24) is 4.98 Å². The molecule has 0 radical (unpaired) electrons. The molecule has 1 aromatic rings. The maximum absolute atomic E-state index is 13.2. The van der Waals surface area contributed by atoms with Gasteiger partial charge in [0, 0.05) is 6.20 Å². The normalized spacial score (nSPS) is 13.7. The fourth-order valence-electron chi connectivity index (χ4n) is 1.12. The first-order chi connectivity index (χ1) is 6.84. The van der Waals surface area contributed by atoms with Crippen LogP contribution >= 0.6 is 0 Å². The highest BCUT2D eigenvalue weighted by atomic mass is 19.1. The number of pyridine rings is 1. The van der Waals surface area contributed by atoms with Gasteiger partial charge in [0.2, 0.25) is 0 Å². The lowest BCUT2D eigenvalue weighted by Crippen LogP contribution is -2.34. The summed E-state index contributed by atoms with van der Waals surface area (Å²) in [5.41, 5.74) is -0.722. The fourth-order valence-corrected chi connectivity index (χ4v) is 1.12. The maximum Gasteiger partial charge on any atom is 0.194 e. The standard InChI is InChI=1S/C11H14FNO2/c1-11(2,3)10(15)9(14)7-4-5-13-6-8(7)12/h4-6,10,15H,1-3H3. The van der Waals surface area contributed by atoms with E-state index in [2.05, 4.69) is 4.98 Å². The Morgan fingerprint density at radius 2 is 2.13 bits per heavy atom. The van der Waals surface area contributed by atoms with Crippen molar-refractivity contribution in [3.63, 3.8) is 0 Å². The first kappa shape index (κ1) is 11.8. The molecule has 82 valence electrons. The van der Waals surface area contributed by atoms with Gasteiger partial charge in [0.1, 0.15) is 6.10 Å². The molecule has 0 amide bonds. The molecule has 0 saturated carbocycles. The van der Waals surface area contributed by atoms with E-state index >= 15 is 0 Å². The molecule has 4 heteroatoms. The lowest BCUT2D eigenvalue weighted by atomic mass is 9.85. The second-order valence-electron chi connectivity index (χ2n) is 4.49. The Balaban J connectivity index is 3.01. The Hall–Kier alpha value is -1.29. The molecular weight excluding hydrogens is 197 g/mol. The average Bonchev–Trinajstić information content (AvgIpc) is 2.15. The summed E-state index contributed by atoms with van der Waals surface area (Å²) in [4.78, 5) is 15.2. The van der Waals surface area contributed by atoms with Crippen molar-refractivity contribution in [2.45, 2.75) is 26.9 Å². The number of carbonyl (C=O) groups excluding carboxylic acids is 1. The zero-order valence-electron chi connectivity index (χ0n) is 8.99. The highest BCUT2D eigenvalue weighted by Crippen LogP contribution is 2.23. The molecule has 0 aliphatic rings. The van der Waals surface area contributed by atoms with Gasteiger partial charge in [-0.3, -0.25) is 9.78 Å². The Morgan fingerprint density at radius 3 is 2.60 bits per heavy atom. The number of aliphatic hydroxyl groups excluding tert-OH is 1. The topological polar surface area (TPSA) is 50.2 Å². The summed E-state index contributed by atoms with van der Waals surface area (Å²) in [6.45, 7) is 5.15. The minimum atomic E-state index is -1.21. The van der Waals surface area contributed by atoms with E-state index in [-0.39, 0.29) is 5.56 Å². The number of aromatic nitrogens is 1. The minimum absolute atomic E-state index is 0.118. The van der Waals surface area contributed by atoms with E-state index in [9.17, 15) is 14.3 Å². The summed E-state index contributed by atoms with van der Waals surface area (Å²) in [7, 11) is 0. The number of hydrogen-bond donors (Lipinski definition) is 1. The molecule has 0 spiro atoms. The van der Waals surface area contributed by atoms with Crippen LogP contribution in [0.5, 0.6) is 0 Å². The van der Waals surface area contributed by atoms with Crippen LogP contribution in [0.15, 0.2) is 18.5 Å². The lowest BCUT2D eigenvalue weighted by Gasteiger charge is -2.24. The summed E-state index contributed by atoms with van der Waals surface area (Å²) in [5.74, 6) is -1.31. The number of aliphatic hydroxyl groups is 1. The number of rotatable bonds is 2. The molecule has 1 aromatic heterocycles. The van der Waals surface area contributed by atoms with Gasteiger partial charge in [0.25, 0.3) is 0 Å². The van der Waals surface area contributed by atoms with Gasteiger partial charge in [0.05, 0.1) is 11.8 Å². The SMILES string of the molecule is CC(C)(C)C(O)C(=O)c1ccncc1F. The molecule has 0 aliphatic carbocycles. The Labute approximate surface area is 88.0 Å². The monoisotopic (exact) mass is 211 g/mol. The van der Waals surface area contributed by atoms with E-state index in [0.29, 0.717) is 0 Å². The summed E-state index contributed by atoms with van der Waals surface area (Å²) < 4.78 is 13.2. The third-order valence-electron chi connectivity index (χ3n) is 2.11. The second-order valence-corrected chi connectivity index (χ2v) is 4.49. The molecule has 3 nitrogen and oxygen atoms in total. The number of Topliss-reactive ketones (excluding diaryl/α,β-unsaturated/α-hetero) is 1. The molecular formula is C11H14FNO2. The summed E-state index contributed by atoms with van der Waals surface area (Å²) in [6.07, 6.45) is 1.07. The molecule has 1 N–H and O–H groups in total. The van der Waals surface area contributed by atoms with Gasteiger partial charge in [0.15, 0.2) is 11.6 Å². The Bertz CT molecular complexity index is 371. The summed E-state index contributed by atoms with van der Waals surface area (Å²) in [5, 5.41) is 9.70. The van der Waals surface area contributed by atoms with Crippen molar-refractivity contribution in [3.05, 3.63) is 29.8 Å². The van der Waals surface area contributed by atoms with Gasteiger partial charge in [-0.25, -0.2) is 4.39 Å². The van der Waals surface area contributed by atoms with Crippen LogP contribution in [-0.4, -0.2) is 22.0 Å². The molecule has 0 bridgehead atoms. The van der Waals surface area contributed by atoms with Crippen LogP contribution in [0.4, 0.5) is 4.39 Å². The number of nitrogens with zero attached hydrogens (tertiary/aromatic N) is 1. The molecule has 1 rings (SSSR count). The second kappa shape index (κ2) is 4.06. The fraction of sp³-hybridized carbons (Fsp3) is 0.455. The van der Waals surface area contributed by atoms with E-state index in [1.165, 1.54) is 12.3 Å². The van der Waals surface area contributed by atoms with Gasteiger partial charge < -0.3 is 5.11 Å². The van der Waals surface area contributed by atoms with Gasteiger partial charge in [-0.05, 0) is 11.5 Å². The van der Waals surface area contributed by atoms with Crippen molar-refractivity contribution in [2.75, 3.05) is 0 Å². The molecule has 0 fully saturated rings. The van der Waals surface area contributed by atoms with Crippen molar-refractivity contribution >= 4 is 5.78 Å². The third kappa shape index (κ3) is 2.59. The predicted molar refractivity (Wildman–Crippen MR) is 54.0 cm³/mol. The highest BCUT2D eigenvalue weighted by molar-refractivity contribution is 5.99. The zero-order valence-corrected chi connectivity index (χ0v) is 8.99. The third-order valence-corrected chi connectivity index (χ3v) is 2.11. The van der Waals surface area contributed by atoms with E-state index in [4.69, 9.17) is 0 Å². The van der Waals surface area contributed by atoms with Crippen molar-refractivity contribution in [3.8, 4) is 0 Å². The number of hydrogen-bond acceptors (Lipinski definition) is 3. The van der Waals surface area contributed by atoms with Crippen LogP contribution in [0, 0.1) is 11.2 Å². The van der Waals surface area contributed by atoms with Crippen LogP contribution in [0.3, 0.4) is 0 Å². The zero-order chi connectivity index (χ0) is 11.6. The van der Waals surface area contributed by atoms with Gasteiger partial charge in [-0.15, -0.1) is 0 Å². The van der Waals surface area contributed by atoms with Crippen LogP contribution < -0.4 is 0 Å². The van der Waals surface area contributed by atoms with E-state index in [0.717, 1.165) is 6.20 Å². The molecule has 0 saturated heterocycles. The molecule has 1 heterocycles. The van der Waals surface area contributed by atoms with Gasteiger partial charge in [-0.2, -0.15) is 0 Å². The molecule has 0 aliphatic heterocycles. The first-order valence-corrected chi connectivity index (χ1v) is 4.66. The van der Waals surface area contributed by atoms with E-state index < -0.39 is 23.1 Å². The van der Waals surface area contributed by atoms with Crippen LogP contribution in [0.25, 0.3) is 0 Å². The first-order valence-electron chi connectivity index (χ1n) is 4.66. The summed E-state index contributed by atoms with van der Waals surface area (Å²) in [6, 6.07) is 1.27. The molecule has 0 aromatic carbocycles. The van der Waals surface area contributed by atoms with Crippen LogP contribution in [0.2, 0.25) is 0 Å². The number of ketones is 1. The smallest absolute Gasteiger partial charge is 0.194 e. The van der Waals surface area contributed by atoms with E-state index in [1.54, 1.807) is 20.8 Å². The minimum Gasteiger partial charge on any atom is -0.384 e. The van der Waals surface area contributed by atoms with Crippen molar-refractivity contribution in [1.29, 1.82) is 0 Å². The van der Waals surface area contributed by atoms with Crippen molar-refractivity contribution in [2.24, 2.45) is 5.41 Å². The Morgan fingerprint density at radius 1 is 1.53 bits per heavy atom. The maximum atomic E-state index is 13.2. The number of carbonyl (C=O) groups is 1. The quantitative estimate of drug-likeness (QED) is 0.759. The molecule has 1 unspecified atom stereocenters. The summed E-state index contributed by atoms with van der Waals surface area (Å²) >= 11 is 0.